The van der Waals surface area contributed by atoms with E-state index in [1.54, 1.807) is 0 Å². The molecular formula is C24H26F3N3O2. The smallest absolute Gasteiger partial charge is 0.416 e. The summed E-state index contributed by atoms with van der Waals surface area (Å²) in [6.07, 6.45) is -3.73. The molecule has 0 bridgehead atoms. The maximum atomic E-state index is 13.3. The van der Waals surface area contributed by atoms with Crippen molar-refractivity contribution in [1.29, 1.82) is 0 Å². The molecule has 2 heterocycles. The molecule has 1 amide bonds. The predicted octanol–water partition coefficient (Wildman–Crippen LogP) is 5.39. The number of benzene rings is 2. The van der Waals surface area contributed by atoms with Crippen molar-refractivity contribution in [3.05, 3.63) is 53.1 Å². The number of nitrogens with zero attached hydrogens (tertiary/aromatic N) is 3. The highest BCUT2D eigenvalue weighted by atomic mass is 19.4. The molecule has 2 aliphatic rings. The van der Waals surface area contributed by atoms with Gasteiger partial charge < -0.3 is 14.5 Å². The van der Waals surface area contributed by atoms with E-state index in [9.17, 15) is 18.0 Å². The molecular weight excluding hydrogens is 419 g/mol. The van der Waals surface area contributed by atoms with Gasteiger partial charge in [0.1, 0.15) is 17.3 Å². The topological polar surface area (TPSA) is 45.1 Å². The SMILES string of the molecule is Cc1ccc2c(c1)C(N1CCCN(C(=O)C(C)C)CC1)=Nc1cc(C(F)(F)F)ccc1O2. The molecule has 4 rings (SSSR count). The molecule has 8 heteroatoms. The molecule has 0 unspecified atom stereocenters. The normalized spacial score (nSPS) is 16.5. The first kappa shape index (κ1) is 22.2. The number of carbonyl (C=O) groups is 1. The third-order valence-corrected chi connectivity index (χ3v) is 5.71. The van der Waals surface area contributed by atoms with Crippen molar-refractivity contribution in [2.75, 3.05) is 26.2 Å². The number of rotatable bonds is 1. The zero-order chi connectivity index (χ0) is 23.0. The van der Waals surface area contributed by atoms with Gasteiger partial charge in [0, 0.05) is 32.1 Å². The zero-order valence-electron chi connectivity index (χ0n) is 18.4. The Bertz CT molecular complexity index is 1060. The van der Waals surface area contributed by atoms with E-state index in [2.05, 4.69) is 4.99 Å². The highest BCUT2D eigenvalue weighted by Gasteiger charge is 2.33. The fourth-order valence-corrected chi connectivity index (χ4v) is 4.02. The van der Waals surface area contributed by atoms with Crippen molar-refractivity contribution in [2.45, 2.75) is 33.4 Å². The lowest BCUT2D eigenvalue weighted by Crippen LogP contribution is -2.39. The van der Waals surface area contributed by atoms with Gasteiger partial charge in [-0.2, -0.15) is 13.2 Å². The maximum Gasteiger partial charge on any atom is 0.416 e. The fraction of sp³-hybridized carbons (Fsp3) is 0.417. The summed E-state index contributed by atoms with van der Waals surface area (Å²) in [6.45, 7) is 8.07. The van der Waals surface area contributed by atoms with Crippen molar-refractivity contribution in [3.63, 3.8) is 0 Å². The summed E-state index contributed by atoms with van der Waals surface area (Å²) in [4.78, 5) is 21.1. The van der Waals surface area contributed by atoms with Crippen molar-refractivity contribution < 1.29 is 22.7 Å². The molecule has 2 aromatic rings. The van der Waals surface area contributed by atoms with Crippen LogP contribution in [-0.2, 0) is 11.0 Å². The molecule has 1 saturated heterocycles. The van der Waals surface area contributed by atoms with Crippen LogP contribution in [0.1, 0.15) is 37.0 Å². The predicted molar refractivity (Wildman–Crippen MR) is 117 cm³/mol. The van der Waals surface area contributed by atoms with Crippen LogP contribution in [0.3, 0.4) is 0 Å². The number of fused-ring (bicyclic) bond motifs is 2. The minimum Gasteiger partial charge on any atom is -0.454 e. The third kappa shape index (κ3) is 4.45. The number of hydrogen-bond donors (Lipinski definition) is 0. The van der Waals surface area contributed by atoms with E-state index >= 15 is 0 Å². The molecule has 1 fully saturated rings. The van der Waals surface area contributed by atoms with Crippen LogP contribution in [0.2, 0.25) is 0 Å². The van der Waals surface area contributed by atoms with Crippen molar-refractivity contribution in [3.8, 4) is 11.5 Å². The largest absolute Gasteiger partial charge is 0.454 e. The summed E-state index contributed by atoms with van der Waals surface area (Å²) in [6, 6.07) is 9.01. The average Bonchev–Trinajstić information content (AvgIpc) is 3.06. The Morgan fingerprint density at radius 1 is 1.03 bits per heavy atom. The Kier molecular flexibility index (Phi) is 5.88. The Balaban J connectivity index is 1.76. The van der Waals surface area contributed by atoms with Crippen LogP contribution in [0.25, 0.3) is 0 Å². The van der Waals surface area contributed by atoms with Gasteiger partial charge in [-0.15, -0.1) is 0 Å². The minimum absolute atomic E-state index is 0.0822. The van der Waals surface area contributed by atoms with Gasteiger partial charge in [-0.1, -0.05) is 25.5 Å². The molecule has 2 aromatic carbocycles. The van der Waals surface area contributed by atoms with E-state index in [1.165, 1.54) is 6.07 Å². The van der Waals surface area contributed by atoms with E-state index in [0.717, 1.165) is 29.7 Å². The highest BCUT2D eigenvalue weighted by molar-refractivity contribution is 6.04. The first-order chi connectivity index (χ1) is 15.1. The minimum atomic E-state index is -4.47. The number of amides is 1. The number of ether oxygens (including phenoxy) is 1. The second-order valence-corrected chi connectivity index (χ2v) is 8.54. The van der Waals surface area contributed by atoms with Gasteiger partial charge in [0.05, 0.1) is 11.1 Å². The standard InChI is InChI=1S/C24H26F3N3O2/c1-15(2)23(31)30-10-4-9-29(11-12-30)22-18-13-16(3)5-7-20(18)32-21-8-6-17(24(25,26)27)14-19(21)28-22/h5-8,13-15H,4,9-12H2,1-3H3. The summed E-state index contributed by atoms with van der Waals surface area (Å²) in [7, 11) is 0. The van der Waals surface area contributed by atoms with Gasteiger partial charge in [0.2, 0.25) is 5.91 Å². The second-order valence-electron chi connectivity index (χ2n) is 8.54. The Morgan fingerprint density at radius 3 is 2.50 bits per heavy atom. The molecule has 0 radical (unpaired) electrons. The average molecular weight is 445 g/mol. The summed E-state index contributed by atoms with van der Waals surface area (Å²) < 4.78 is 46.0. The van der Waals surface area contributed by atoms with Crippen molar-refractivity contribution in [1.82, 2.24) is 9.80 Å². The second kappa shape index (κ2) is 8.48. The van der Waals surface area contributed by atoms with E-state index in [1.807, 2.05) is 48.8 Å². The van der Waals surface area contributed by atoms with Gasteiger partial charge in [-0.3, -0.25) is 4.79 Å². The van der Waals surface area contributed by atoms with E-state index in [-0.39, 0.29) is 23.3 Å². The zero-order valence-corrected chi connectivity index (χ0v) is 18.4. The lowest BCUT2D eigenvalue weighted by atomic mass is 10.1. The highest BCUT2D eigenvalue weighted by Crippen LogP contribution is 2.42. The number of amidine groups is 1. The van der Waals surface area contributed by atoms with Crippen LogP contribution in [0.4, 0.5) is 18.9 Å². The first-order valence-corrected chi connectivity index (χ1v) is 10.8. The summed E-state index contributed by atoms with van der Waals surface area (Å²) >= 11 is 0. The molecule has 0 aliphatic carbocycles. The van der Waals surface area contributed by atoms with Crippen LogP contribution in [0.15, 0.2) is 41.4 Å². The number of hydrogen-bond acceptors (Lipinski definition) is 4. The molecule has 0 aromatic heterocycles. The summed E-state index contributed by atoms with van der Waals surface area (Å²) in [5, 5.41) is 0. The van der Waals surface area contributed by atoms with Gasteiger partial charge in [-0.25, -0.2) is 4.99 Å². The molecule has 2 aliphatic heterocycles. The van der Waals surface area contributed by atoms with Gasteiger partial charge >= 0.3 is 6.18 Å². The van der Waals surface area contributed by atoms with Gasteiger partial charge in [0.15, 0.2) is 5.75 Å². The first-order valence-electron chi connectivity index (χ1n) is 10.8. The van der Waals surface area contributed by atoms with Gasteiger partial charge in [-0.05, 0) is 43.7 Å². The summed E-state index contributed by atoms with van der Waals surface area (Å²) in [5.41, 5.74) is 1.10. The number of carbonyl (C=O) groups excluding carboxylic acids is 1. The Morgan fingerprint density at radius 2 is 1.78 bits per heavy atom. The van der Waals surface area contributed by atoms with E-state index in [0.29, 0.717) is 37.8 Å². The van der Waals surface area contributed by atoms with Crippen molar-refractivity contribution in [2.24, 2.45) is 10.9 Å². The Labute approximate surface area is 185 Å². The van der Waals surface area contributed by atoms with E-state index < -0.39 is 11.7 Å². The summed E-state index contributed by atoms with van der Waals surface area (Å²) in [5.74, 6) is 1.42. The molecule has 0 spiro atoms. The number of halogens is 3. The molecule has 0 N–H and O–H groups in total. The Hall–Kier alpha value is -3.03. The van der Waals surface area contributed by atoms with Crippen LogP contribution < -0.4 is 4.74 Å². The molecule has 5 nitrogen and oxygen atoms in total. The van der Waals surface area contributed by atoms with Crippen molar-refractivity contribution >= 4 is 17.4 Å². The number of alkyl halides is 3. The van der Waals surface area contributed by atoms with Gasteiger partial charge in [0.25, 0.3) is 0 Å². The monoisotopic (exact) mass is 445 g/mol. The van der Waals surface area contributed by atoms with Crippen LogP contribution in [0, 0.1) is 12.8 Å². The van der Waals surface area contributed by atoms with Crippen LogP contribution >= 0.6 is 0 Å². The molecule has 0 atom stereocenters. The van der Waals surface area contributed by atoms with Crippen LogP contribution in [-0.4, -0.2) is 47.7 Å². The molecule has 32 heavy (non-hydrogen) atoms. The number of aryl methyl sites for hydroxylation is 1. The number of aliphatic imine (C=N–C) groups is 1. The quantitative estimate of drug-likeness (QED) is 0.591. The third-order valence-electron chi connectivity index (χ3n) is 5.71. The van der Waals surface area contributed by atoms with Crippen LogP contribution in [0.5, 0.6) is 11.5 Å². The van der Waals surface area contributed by atoms with E-state index in [4.69, 9.17) is 4.74 Å². The lowest BCUT2D eigenvalue weighted by Gasteiger charge is -2.26. The molecule has 0 saturated carbocycles. The fourth-order valence-electron chi connectivity index (χ4n) is 4.02. The molecule has 170 valence electrons. The maximum absolute atomic E-state index is 13.3. The lowest BCUT2D eigenvalue weighted by molar-refractivity contribution is -0.137.